The first kappa shape index (κ1) is 12.5. The molecule has 100 valence electrons. The van der Waals surface area contributed by atoms with E-state index in [2.05, 4.69) is 15.1 Å². The quantitative estimate of drug-likeness (QED) is 0.679. The highest BCUT2D eigenvalue weighted by atomic mass is 16.1. The van der Waals surface area contributed by atoms with Crippen LogP contribution >= 0.6 is 0 Å². The van der Waals surface area contributed by atoms with Crippen LogP contribution in [-0.4, -0.2) is 25.5 Å². The second-order valence-electron chi connectivity index (χ2n) is 4.69. The van der Waals surface area contributed by atoms with Crippen LogP contribution in [0.2, 0.25) is 0 Å². The van der Waals surface area contributed by atoms with E-state index < -0.39 is 0 Å². The van der Waals surface area contributed by atoms with Crippen molar-refractivity contribution >= 4 is 16.8 Å². The van der Waals surface area contributed by atoms with E-state index in [4.69, 9.17) is 0 Å². The first-order chi connectivity index (χ1) is 9.72. The average molecular weight is 266 g/mol. The molecule has 0 saturated heterocycles. The van der Waals surface area contributed by atoms with Crippen molar-refractivity contribution in [2.24, 2.45) is 7.05 Å². The van der Waals surface area contributed by atoms with Crippen LogP contribution in [0.1, 0.15) is 22.5 Å². The molecule has 20 heavy (non-hydrogen) atoms. The summed E-state index contributed by atoms with van der Waals surface area (Å²) in [6.45, 7) is 0. The number of aromatic nitrogens is 4. The van der Waals surface area contributed by atoms with Crippen molar-refractivity contribution in [3.63, 3.8) is 0 Å². The Balaban J connectivity index is 1.75. The van der Waals surface area contributed by atoms with Gasteiger partial charge in [0.15, 0.2) is 5.78 Å². The molecule has 5 heteroatoms. The number of carbonyl (C=O) groups excluding carboxylic acids is 1. The molecule has 0 aliphatic carbocycles. The Morgan fingerprint density at radius 2 is 2.00 bits per heavy atom. The number of benzene rings is 1. The highest BCUT2D eigenvalue weighted by Crippen LogP contribution is 2.11. The smallest absolute Gasteiger partial charge is 0.183 e. The predicted octanol–water partition coefficient (Wildman–Crippen LogP) is 2.18. The summed E-state index contributed by atoms with van der Waals surface area (Å²) in [5.41, 5.74) is 3.03. The Morgan fingerprint density at radius 1 is 1.20 bits per heavy atom. The molecule has 0 N–H and O–H groups in total. The molecule has 1 aromatic carbocycles. The average Bonchev–Trinajstić information content (AvgIpc) is 2.90. The lowest BCUT2D eigenvalue weighted by Crippen LogP contribution is -2.04. The second kappa shape index (κ2) is 5.21. The Bertz CT molecular complexity index is 763. The molecule has 5 nitrogen and oxygen atoms in total. The first-order valence-corrected chi connectivity index (χ1v) is 6.45. The number of Topliss-reactive ketones (excluding diaryl/α,β-unsaturated/α-hetero) is 1. The van der Waals surface area contributed by atoms with E-state index in [0.717, 1.165) is 16.6 Å². The summed E-state index contributed by atoms with van der Waals surface area (Å²) in [6.07, 6.45) is 6.33. The molecule has 0 bridgehead atoms. The number of hydrogen-bond acceptors (Lipinski definition) is 4. The standard InChI is InChI=1S/C15H14N4O/c1-19-10-11(8-17-19)6-7-15(20)14-9-16-12-4-2-3-5-13(12)18-14/h2-5,8-10H,6-7H2,1H3. The van der Waals surface area contributed by atoms with Gasteiger partial charge >= 0.3 is 0 Å². The zero-order valence-corrected chi connectivity index (χ0v) is 11.2. The second-order valence-corrected chi connectivity index (χ2v) is 4.69. The molecule has 0 radical (unpaired) electrons. The molecule has 2 aromatic heterocycles. The minimum Gasteiger partial charge on any atom is -0.292 e. The zero-order chi connectivity index (χ0) is 13.9. The lowest BCUT2D eigenvalue weighted by molar-refractivity contribution is 0.0978. The molecule has 3 rings (SSSR count). The number of para-hydroxylation sites is 2. The van der Waals surface area contributed by atoms with Gasteiger partial charge in [0.1, 0.15) is 5.69 Å². The highest BCUT2D eigenvalue weighted by Gasteiger charge is 2.10. The van der Waals surface area contributed by atoms with Gasteiger partial charge in [0.25, 0.3) is 0 Å². The summed E-state index contributed by atoms with van der Waals surface area (Å²) in [7, 11) is 1.86. The molecule has 0 atom stereocenters. The van der Waals surface area contributed by atoms with Gasteiger partial charge in [-0.3, -0.25) is 14.5 Å². The van der Waals surface area contributed by atoms with E-state index in [1.165, 1.54) is 0 Å². The minimum atomic E-state index is 0.00658. The molecule has 2 heterocycles. The van der Waals surface area contributed by atoms with Crippen molar-refractivity contribution < 1.29 is 4.79 Å². The Morgan fingerprint density at radius 3 is 2.75 bits per heavy atom. The maximum absolute atomic E-state index is 12.1. The van der Waals surface area contributed by atoms with Crippen molar-refractivity contribution in [2.45, 2.75) is 12.8 Å². The van der Waals surface area contributed by atoms with Crippen molar-refractivity contribution in [2.75, 3.05) is 0 Å². The van der Waals surface area contributed by atoms with Crippen LogP contribution in [0.3, 0.4) is 0 Å². The van der Waals surface area contributed by atoms with Crippen LogP contribution in [-0.2, 0) is 13.5 Å². The Kier molecular flexibility index (Phi) is 3.25. The summed E-state index contributed by atoms with van der Waals surface area (Å²) < 4.78 is 1.73. The summed E-state index contributed by atoms with van der Waals surface area (Å²) in [5.74, 6) is 0.00658. The largest absolute Gasteiger partial charge is 0.292 e. The van der Waals surface area contributed by atoms with Crippen molar-refractivity contribution in [1.29, 1.82) is 0 Å². The van der Waals surface area contributed by atoms with E-state index in [-0.39, 0.29) is 5.78 Å². The van der Waals surface area contributed by atoms with Gasteiger partial charge in [0, 0.05) is 19.7 Å². The van der Waals surface area contributed by atoms with Crippen LogP contribution in [0.4, 0.5) is 0 Å². The SMILES string of the molecule is Cn1cc(CCC(=O)c2cnc3ccccc3n2)cn1. The van der Waals surface area contributed by atoms with Crippen molar-refractivity contribution in [3.05, 3.63) is 54.1 Å². The molecule has 0 amide bonds. The van der Waals surface area contributed by atoms with E-state index >= 15 is 0 Å². The third-order valence-corrected chi connectivity index (χ3v) is 3.13. The third kappa shape index (κ3) is 2.56. The van der Waals surface area contributed by atoms with Gasteiger partial charge in [-0.05, 0) is 24.1 Å². The van der Waals surface area contributed by atoms with Crippen LogP contribution in [0.15, 0.2) is 42.9 Å². The van der Waals surface area contributed by atoms with E-state index in [1.807, 2.05) is 37.5 Å². The summed E-state index contributed by atoms with van der Waals surface area (Å²) >= 11 is 0. The molecule has 0 fully saturated rings. The van der Waals surface area contributed by atoms with Crippen LogP contribution in [0.5, 0.6) is 0 Å². The number of hydrogen-bond donors (Lipinski definition) is 0. The van der Waals surface area contributed by atoms with Crippen molar-refractivity contribution in [3.8, 4) is 0 Å². The van der Waals surface area contributed by atoms with Gasteiger partial charge < -0.3 is 0 Å². The lowest BCUT2D eigenvalue weighted by atomic mass is 10.1. The number of fused-ring (bicyclic) bond motifs is 1. The van der Waals surface area contributed by atoms with E-state index in [9.17, 15) is 4.79 Å². The fourth-order valence-corrected chi connectivity index (χ4v) is 2.08. The topological polar surface area (TPSA) is 60.7 Å². The molecule has 0 spiro atoms. The molecule has 0 aliphatic rings. The van der Waals surface area contributed by atoms with Gasteiger partial charge in [0.05, 0.1) is 23.4 Å². The number of rotatable bonds is 4. The molecular formula is C15H14N4O. The molecular weight excluding hydrogens is 252 g/mol. The number of nitrogens with zero attached hydrogens (tertiary/aromatic N) is 4. The molecule has 3 aromatic rings. The van der Waals surface area contributed by atoms with Gasteiger partial charge in [0.2, 0.25) is 0 Å². The van der Waals surface area contributed by atoms with Gasteiger partial charge in [-0.1, -0.05) is 12.1 Å². The van der Waals surface area contributed by atoms with E-state index in [1.54, 1.807) is 17.1 Å². The van der Waals surface area contributed by atoms with E-state index in [0.29, 0.717) is 18.5 Å². The molecule has 0 unspecified atom stereocenters. The fraction of sp³-hybridized carbons (Fsp3) is 0.200. The molecule has 0 saturated carbocycles. The van der Waals surface area contributed by atoms with Crippen LogP contribution in [0.25, 0.3) is 11.0 Å². The predicted molar refractivity (Wildman–Crippen MR) is 75.4 cm³/mol. The Hall–Kier alpha value is -2.56. The number of carbonyl (C=O) groups is 1. The summed E-state index contributed by atoms with van der Waals surface area (Å²) in [4.78, 5) is 20.8. The lowest BCUT2D eigenvalue weighted by Gasteiger charge is -2.01. The monoisotopic (exact) mass is 266 g/mol. The summed E-state index contributed by atoms with van der Waals surface area (Å²) in [5, 5.41) is 4.09. The maximum Gasteiger partial charge on any atom is 0.183 e. The normalized spacial score (nSPS) is 10.8. The zero-order valence-electron chi connectivity index (χ0n) is 11.2. The number of aryl methyl sites for hydroxylation is 2. The van der Waals surface area contributed by atoms with Crippen molar-refractivity contribution in [1.82, 2.24) is 19.7 Å². The van der Waals surface area contributed by atoms with Gasteiger partial charge in [-0.2, -0.15) is 5.10 Å². The summed E-state index contributed by atoms with van der Waals surface area (Å²) in [6, 6.07) is 7.54. The van der Waals surface area contributed by atoms with Crippen LogP contribution in [0, 0.1) is 0 Å². The fourth-order valence-electron chi connectivity index (χ4n) is 2.08. The van der Waals surface area contributed by atoms with Crippen LogP contribution < -0.4 is 0 Å². The first-order valence-electron chi connectivity index (χ1n) is 6.45. The van der Waals surface area contributed by atoms with Gasteiger partial charge in [-0.15, -0.1) is 0 Å². The Labute approximate surface area is 116 Å². The maximum atomic E-state index is 12.1. The third-order valence-electron chi connectivity index (χ3n) is 3.13. The minimum absolute atomic E-state index is 0.00658. The molecule has 0 aliphatic heterocycles. The highest BCUT2D eigenvalue weighted by molar-refractivity contribution is 5.95. The number of ketones is 1. The van der Waals surface area contributed by atoms with Gasteiger partial charge in [-0.25, -0.2) is 4.98 Å².